The highest BCUT2D eigenvalue weighted by Crippen LogP contribution is 1.79. The summed E-state index contributed by atoms with van der Waals surface area (Å²) in [6.07, 6.45) is 0. The van der Waals surface area contributed by atoms with Crippen LogP contribution in [0, 0.1) is 0 Å². The van der Waals surface area contributed by atoms with Crippen LogP contribution >= 0.6 is 0 Å². The topological polar surface area (TPSA) is 123 Å². The third-order valence-electron chi connectivity index (χ3n) is 2.72. The fourth-order valence-electron chi connectivity index (χ4n) is 1.36. The van der Waals surface area contributed by atoms with Crippen LogP contribution in [0.25, 0.3) is 0 Å². The van der Waals surface area contributed by atoms with E-state index >= 15 is 0 Å². The molecule has 0 radical (unpaired) electrons. The largest absolute Gasteiger partial charge is 0.480 e. The first-order chi connectivity index (χ1) is 9.45. The number of hydrogen-bond acceptors (Lipinski definition) is 6. The normalized spacial score (nSPS) is 13.9. The van der Waals surface area contributed by atoms with Crippen molar-refractivity contribution in [3.05, 3.63) is 0 Å². The van der Waals surface area contributed by atoms with Crippen molar-refractivity contribution in [2.45, 2.75) is 25.9 Å². The SMILES string of the molecule is CC(NCCNCCNCCNC(C)C(=O)O)C(=O)O. The molecule has 8 heteroatoms. The number of carbonyl (C=O) groups is 2. The van der Waals surface area contributed by atoms with Crippen LogP contribution in [0.2, 0.25) is 0 Å². The lowest BCUT2D eigenvalue weighted by Crippen LogP contribution is -2.41. The molecule has 0 aliphatic carbocycles. The van der Waals surface area contributed by atoms with Crippen molar-refractivity contribution in [3.63, 3.8) is 0 Å². The van der Waals surface area contributed by atoms with Gasteiger partial charge in [-0.05, 0) is 13.8 Å². The predicted octanol–water partition coefficient (Wildman–Crippen LogP) is -1.71. The molecule has 0 saturated carbocycles. The number of rotatable bonds is 13. The molecule has 0 fully saturated rings. The lowest BCUT2D eigenvalue weighted by molar-refractivity contribution is -0.139. The summed E-state index contributed by atoms with van der Waals surface area (Å²) in [6.45, 7) is 7.37. The maximum absolute atomic E-state index is 10.5. The van der Waals surface area contributed by atoms with E-state index in [1.165, 1.54) is 0 Å². The Bertz CT molecular complexity index is 261. The van der Waals surface area contributed by atoms with Gasteiger partial charge in [-0.2, -0.15) is 0 Å². The van der Waals surface area contributed by atoms with Gasteiger partial charge in [0.1, 0.15) is 12.1 Å². The Balaban J connectivity index is 3.21. The second-order valence-corrected chi connectivity index (χ2v) is 4.53. The first-order valence-corrected chi connectivity index (χ1v) is 6.79. The van der Waals surface area contributed by atoms with Crippen LogP contribution in [0.4, 0.5) is 0 Å². The van der Waals surface area contributed by atoms with Crippen LogP contribution in [0.15, 0.2) is 0 Å². The van der Waals surface area contributed by atoms with Gasteiger partial charge in [0, 0.05) is 39.3 Å². The molecule has 0 aromatic heterocycles. The van der Waals surface area contributed by atoms with Crippen molar-refractivity contribution in [1.29, 1.82) is 0 Å². The van der Waals surface area contributed by atoms with Gasteiger partial charge in [-0.25, -0.2) is 0 Å². The second kappa shape index (κ2) is 11.6. The molecule has 6 N–H and O–H groups in total. The van der Waals surface area contributed by atoms with E-state index in [2.05, 4.69) is 21.3 Å². The molecule has 0 heterocycles. The van der Waals surface area contributed by atoms with E-state index in [0.717, 1.165) is 13.1 Å². The van der Waals surface area contributed by atoms with Crippen molar-refractivity contribution in [1.82, 2.24) is 21.3 Å². The molecule has 0 bridgehead atoms. The molecule has 0 rings (SSSR count). The van der Waals surface area contributed by atoms with E-state index in [0.29, 0.717) is 26.2 Å². The Hall–Kier alpha value is -1.22. The molecule has 0 aromatic rings. The zero-order chi connectivity index (χ0) is 15.4. The van der Waals surface area contributed by atoms with Crippen LogP contribution in [0.1, 0.15) is 13.8 Å². The number of aliphatic carboxylic acids is 2. The summed E-state index contributed by atoms with van der Waals surface area (Å²) in [4.78, 5) is 21.0. The molecule has 2 unspecified atom stereocenters. The third kappa shape index (κ3) is 10.7. The molecular weight excluding hydrogens is 264 g/mol. The summed E-state index contributed by atoms with van der Waals surface area (Å²) >= 11 is 0. The Kier molecular flexibility index (Phi) is 10.9. The number of carboxylic acid groups (broad SMARTS) is 2. The summed E-state index contributed by atoms with van der Waals surface area (Å²) < 4.78 is 0. The number of nitrogens with one attached hydrogen (secondary N) is 4. The minimum Gasteiger partial charge on any atom is -0.480 e. The standard InChI is InChI=1S/C12H26N4O4/c1-9(11(17)18)15-7-5-13-3-4-14-6-8-16-10(2)12(19)20/h9-10,13-16H,3-8H2,1-2H3,(H,17,18)(H,19,20). The highest BCUT2D eigenvalue weighted by Gasteiger charge is 2.08. The molecule has 0 aromatic carbocycles. The van der Waals surface area contributed by atoms with Crippen LogP contribution < -0.4 is 21.3 Å². The third-order valence-corrected chi connectivity index (χ3v) is 2.72. The van der Waals surface area contributed by atoms with E-state index in [1.54, 1.807) is 13.8 Å². The van der Waals surface area contributed by atoms with Gasteiger partial charge in [0.2, 0.25) is 0 Å². The van der Waals surface area contributed by atoms with Gasteiger partial charge < -0.3 is 31.5 Å². The lowest BCUT2D eigenvalue weighted by Gasteiger charge is -2.11. The maximum atomic E-state index is 10.5. The molecule has 0 aliphatic heterocycles. The molecule has 20 heavy (non-hydrogen) atoms. The first kappa shape index (κ1) is 18.8. The Labute approximate surface area is 119 Å². The lowest BCUT2D eigenvalue weighted by atomic mass is 10.3. The van der Waals surface area contributed by atoms with Gasteiger partial charge >= 0.3 is 11.9 Å². The van der Waals surface area contributed by atoms with E-state index in [9.17, 15) is 9.59 Å². The van der Waals surface area contributed by atoms with Crippen molar-refractivity contribution < 1.29 is 19.8 Å². The maximum Gasteiger partial charge on any atom is 0.320 e. The van der Waals surface area contributed by atoms with Crippen LogP contribution in [0.5, 0.6) is 0 Å². The molecule has 0 aliphatic rings. The Morgan fingerprint density at radius 3 is 1.35 bits per heavy atom. The quantitative estimate of drug-likeness (QED) is 0.222. The smallest absolute Gasteiger partial charge is 0.320 e. The van der Waals surface area contributed by atoms with Crippen molar-refractivity contribution in [2.75, 3.05) is 39.3 Å². The van der Waals surface area contributed by atoms with Gasteiger partial charge in [-0.15, -0.1) is 0 Å². The van der Waals surface area contributed by atoms with Crippen molar-refractivity contribution in [2.24, 2.45) is 0 Å². The molecular formula is C12H26N4O4. The van der Waals surface area contributed by atoms with Crippen LogP contribution in [0.3, 0.4) is 0 Å². The van der Waals surface area contributed by atoms with Crippen molar-refractivity contribution >= 4 is 11.9 Å². The van der Waals surface area contributed by atoms with Gasteiger partial charge in [-0.3, -0.25) is 9.59 Å². The van der Waals surface area contributed by atoms with E-state index in [4.69, 9.17) is 10.2 Å². The van der Waals surface area contributed by atoms with Crippen molar-refractivity contribution in [3.8, 4) is 0 Å². The number of carboxylic acids is 2. The average molecular weight is 290 g/mol. The summed E-state index contributed by atoms with van der Waals surface area (Å²) in [7, 11) is 0. The summed E-state index contributed by atoms with van der Waals surface area (Å²) in [5.41, 5.74) is 0. The fourth-order valence-corrected chi connectivity index (χ4v) is 1.36. The molecule has 118 valence electrons. The molecule has 8 nitrogen and oxygen atoms in total. The predicted molar refractivity (Wildman–Crippen MR) is 75.9 cm³/mol. The van der Waals surface area contributed by atoms with E-state index in [1.807, 2.05) is 0 Å². The fraction of sp³-hybridized carbons (Fsp3) is 0.833. The van der Waals surface area contributed by atoms with Gasteiger partial charge in [0.15, 0.2) is 0 Å². The Morgan fingerprint density at radius 1 is 0.750 bits per heavy atom. The monoisotopic (exact) mass is 290 g/mol. The first-order valence-electron chi connectivity index (χ1n) is 6.79. The summed E-state index contributed by atoms with van der Waals surface area (Å²) in [5, 5.41) is 29.4. The highest BCUT2D eigenvalue weighted by molar-refractivity contribution is 5.73. The van der Waals surface area contributed by atoms with Gasteiger partial charge in [0.25, 0.3) is 0 Å². The minimum atomic E-state index is -0.852. The molecule has 0 saturated heterocycles. The second-order valence-electron chi connectivity index (χ2n) is 4.53. The summed E-state index contributed by atoms with van der Waals surface area (Å²) in [6, 6.07) is -1.06. The number of hydrogen-bond donors (Lipinski definition) is 6. The zero-order valence-electron chi connectivity index (χ0n) is 12.1. The van der Waals surface area contributed by atoms with Crippen LogP contribution in [-0.4, -0.2) is 73.5 Å². The molecule has 2 atom stereocenters. The average Bonchev–Trinajstić information content (AvgIpc) is 2.39. The van der Waals surface area contributed by atoms with Crippen LogP contribution in [-0.2, 0) is 9.59 Å². The van der Waals surface area contributed by atoms with E-state index in [-0.39, 0.29) is 0 Å². The molecule has 0 amide bonds. The minimum absolute atomic E-state index is 0.530. The van der Waals surface area contributed by atoms with Gasteiger partial charge in [-0.1, -0.05) is 0 Å². The summed E-state index contributed by atoms with van der Waals surface area (Å²) in [5.74, 6) is -1.70. The van der Waals surface area contributed by atoms with Gasteiger partial charge in [0.05, 0.1) is 0 Å². The molecule has 0 spiro atoms. The highest BCUT2D eigenvalue weighted by atomic mass is 16.4. The zero-order valence-corrected chi connectivity index (χ0v) is 12.1. The van der Waals surface area contributed by atoms with E-state index < -0.39 is 24.0 Å². The Morgan fingerprint density at radius 2 is 1.05 bits per heavy atom.